The van der Waals surface area contributed by atoms with Crippen molar-refractivity contribution in [1.29, 1.82) is 0 Å². The zero-order chi connectivity index (χ0) is 18.8. The van der Waals surface area contributed by atoms with Gasteiger partial charge in [0.1, 0.15) is 5.60 Å². The zero-order valence-electron chi connectivity index (χ0n) is 16.2. The summed E-state index contributed by atoms with van der Waals surface area (Å²) >= 11 is 0. The molecule has 1 aromatic heterocycles. The summed E-state index contributed by atoms with van der Waals surface area (Å²) in [4.78, 5) is 4.51. The van der Waals surface area contributed by atoms with Crippen molar-refractivity contribution in [3.05, 3.63) is 18.0 Å². The molecule has 0 aromatic carbocycles. The van der Waals surface area contributed by atoms with Crippen molar-refractivity contribution >= 4 is 5.96 Å². The van der Waals surface area contributed by atoms with Crippen LogP contribution in [0.1, 0.15) is 38.7 Å². The minimum absolute atomic E-state index is 0.257. The Bertz CT molecular complexity index is 553. The first-order valence-electron chi connectivity index (χ1n) is 9.44. The second-order valence-electron chi connectivity index (χ2n) is 6.83. The topological polar surface area (TPSA) is 92.9 Å². The van der Waals surface area contributed by atoms with E-state index >= 15 is 0 Å². The summed E-state index contributed by atoms with van der Waals surface area (Å²) < 4.78 is 12.9. The lowest BCUT2D eigenvalue weighted by atomic mass is 10.0. The number of rotatable bonds is 9. The van der Waals surface area contributed by atoms with Gasteiger partial charge in [-0.1, -0.05) is 0 Å². The Morgan fingerprint density at radius 1 is 1.46 bits per heavy atom. The Morgan fingerprint density at radius 3 is 2.88 bits per heavy atom. The van der Waals surface area contributed by atoms with E-state index in [4.69, 9.17) is 9.47 Å². The van der Waals surface area contributed by atoms with Gasteiger partial charge in [-0.3, -0.25) is 4.68 Å². The Labute approximate surface area is 156 Å². The second kappa shape index (κ2) is 10.5. The molecule has 1 fully saturated rings. The highest BCUT2D eigenvalue weighted by atomic mass is 16.5. The summed E-state index contributed by atoms with van der Waals surface area (Å²) in [5.41, 5.74) is -0.299. The molecule has 0 bridgehead atoms. The van der Waals surface area contributed by atoms with Crippen LogP contribution < -0.4 is 10.6 Å². The van der Waals surface area contributed by atoms with E-state index in [1.165, 1.54) is 0 Å². The molecule has 2 rings (SSSR count). The zero-order valence-corrected chi connectivity index (χ0v) is 16.2. The van der Waals surface area contributed by atoms with E-state index < -0.39 is 5.60 Å². The minimum Gasteiger partial charge on any atom is -0.383 e. The van der Waals surface area contributed by atoms with E-state index in [2.05, 4.69) is 20.7 Å². The van der Waals surface area contributed by atoms with Gasteiger partial charge in [0.15, 0.2) is 5.96 Å². The van der Waals surface area contributed by atoms with Crippen LogP contribution in [0.5, 0.6) is 0 Å². The Kier molecular flexibility index (Phi) is 8.34. The molecule has 8 heteroatoms. The van der Waals surface area contributed by atoms with E-state index in [9.17, 15) is 5.11 Å². The van der Waals surface area contributed by atoms with E-state index in [1.807, 2.05) is 20.2 Å². The molecule has 1 atom stereocenters. The van der Waals surface area contributed by atoms with Crippen LogP contribution in [0.2, 0.25) is 0 Å². The van der Waals surface area contributed by atoms with Gasteiger partial charge in [-0.2, -0.15) is 5.10 Å². The van der Waals surface area contributed by atoms with Crippen molar-refractivity contribution in [2.75, 3.05) is 39.5 Å². The molecule has 0 radical (unpaired) electrons. The van der Waals surface area contributed by atoms with Crippen molar-refractivity contribution in [3.63, 3.8) is 0 Å². The minimum atomic E-state index is -1.05. The Hall–Kier alpha value is -1.64. The second-order valence-corrected chi connectivity index (χ2v) is 6.83. The number of aromatic nitrogens is 2. The third kappa shape index (κ3) is 6.93. The highest BCUT2D eigenvalue weighted by Gasteiger charge is 2.24. The SMILES string of the molecule is CCNC(=NCC(C)(O)c1cnn(C)c1)NCCCOC1CCOCC1. The molecule has 8 nitrogen and oxygen atoms in total. The number of nitrogens with one attached hydrogen (secondary N) is 2. The third-order valence-electron chi connectivity index (χ3n) is 4.35. The fourth-order valence-corrected chi connectivity index (χ4v) is 2.74. The molecule has 0 aliphatic carbocycles. The van der Waals surface area contributed by atoms with Crippen LogP contribution in [-0.2, 0) is 22.1 Å². The highest BCUT2D eigenvalue weighted by Crippen LogP contribution is 2.19. The van der Waals surface area contributed by atoms with E-state index in [0.717, 1.165) is 57.7 Å². The molecular formula is C18H33N5O3. The molecule has 0 saturated carbocycles. The molecule has 1 aliphatic heterocycles. The van der Waals surface area contributed by atoms with Crippen molar-refractivity contribution in [1.82, 2.24) is 20.4 Å². The first-order valence-corrected chi connectivity index (χ1v) is 9.44. The summed E-state index contributed by atoms with van der Waals surface area (Å²) in [6, 6.07) is 0. The largest absolute Gasteiger partial charge is 0.383 e. The summed E-state index contributed by atoms with van der Waals surface area (Å²) in [7, 11) is 1.83. The van der Waals surface area contributed by atoms with Crippen LogP contribution in [0.25, 0.3) is 0 Å². The standard InChI is InChI=1S/C18H33N5O3/c1-4-19-17(20-8-5-9-26-16-6-10-25-11-7-16)21-14-18(2,24)15-12-22-23(3)13-15/h12-13,16,24H,4-11,14H2,1-3H3,(H2,19,20,21). The first-order chi connectivity index (χ1) is 12.5. The molecule has 148 valence electrons. The van der Waals surface area contributed by atoms with Crippen LogP contribution in [0.3, 0.4) is 0 Å². The molecule has 1 aliphatic rings. The maximum absolute atomic E-state index is 10.6. The smallest absolute Gasteiger partial charge is 0.191 e. The van der Waals surface area contributed by atoms with Gasteiger partial charge in [-0.05, 0) is 33.1 Å². The fourth-order valence-electron chi connectivity index (χ4n) is 2.74. The third-order valence-corrected chi connectivity index (χ3v) is 4.35. The number of aryl methyl sites for hydroxylation is 1. The number of aliphatic imine (C=N–C) groups is 1. The van der Waals surface area contributed by atoms with E-state index in [-0.39, 0.29) is 6.54 Å². The molecule has 2 heterocycles. The first kappa shape index (κ1) is 20.7. The number of guanidine groups is 1. The van der Waals surface area contributed by atoms with Crippen molar-refractivity contribution < 1.29 is 14.6 Å². The van der Waals surface area contributed by atoms with Crippen molar-refractivity contribution in [2.24, 2.45) is 12.0 Å². The summed E-state index contributed by atoms with van der Waals surface area (Å²) in [6.07, 6.45) is 6.69. The fraction of sp³-hybridized carbons (Fsp3) is 0.778. The molecule has 1 aromatic rings. The molecule has 26 heavy (non-hydrogen) atoms. The average molecular weight is 367 g/mol. The molecule has 3 N–H and O–H groups in total. The number of aliphatic hydroxyl groups is 1. The maximum atomic E-state index is 10.6. The van der Waals surface area contributed by atoms with Gasteiger partial charge in [0.25, 0.3) is 0 Å². The number of hydrogen-bond acceptors (Lipinski definition) is 5. The quantitative estimate of drug-likeness (QED) is 0.339. The van der Waals surface area contributed by atoms with Crippen LogP contribution in [0, 0.1) is 0 Å². The summed E-state index contributed by atoms with van der Waals surface area (Å²) in [6.45, 7) is 7.89. The summed E-state index contributed by atoms with van der Waals surface area (Å²) in [5.74, 6) is 0.697. The Balaban J connectivity index is 1.73. The lowest BCUT2D eigenvalue weighted by Crippen LogP contribution is -2.39. The molecule has 1 unspecified atom stereocenters. The van der Waals surface area contributed by atoms with Gasteiger partial charge < -0.3 is 25.2 Å². The Morgan fingerprint density at radius 2 is 2.23 bits per heavy atom. The predicted molar refractivity (Wildman–Crippen MR) is 101 cm³/mol. The molecule has 0 spiro atoms. The monoisotopic (exact) mass is 367 g/mol. The van der Waals surface area contributed by atoms with Crippen LogP contribution in [-0.4, -0.2) is 66.4 Å². The number of nitrogens with zero attached hydrogens (tertiary/aromatic N) is 3. The van der Waals surface area contributed by atoms with Gasteiger partial charge in [-0.15, -0.1) is 0 Å². The van der Waals surface area contributed by atoms with Gasteiger partial charge in [0.05, 0.1) is 18.8 Å². The molecule has 0 amide bonds. The van der Waals surface area contributed by atoms with E-state index in [0.29, 0.717) is 12.1 Å². The number of ether oxygens (including phenoxy) is 2. The van der Waals surface area contributed by atoms with Crippen LogP contribution in [0.15, 0.2) is 17.4 Å². The van der Waals surface area contributed by atoms with Gasteiger partial charge >= 0.3 is 0 Å². The molecule has 1 saturated heterocycles. The van der Waals surface area contributed by atoms with Gasteiger partial charge in [0.2, 0.25) is 0 Å². The highest BCUT2D eigenvalue weighted by molar-refractivity contribution is 5.79. The number of hydrogen-bond donors (Lipinski definition) is 3. The van der Waals surface area contributed by atoms with Gasteiger partial charge in [0, 0.05) is 51.7 Å². The average Bonchev–Trinajstić information content (AvgIpc) is 3.07. The lowest BCUT2D eigenvalue weighted by molar-refractivity contribution is -0.0320. The lowest BCUT2D eigenvalue weighted by Gasteiger charge is -2.22. The van der Waals surface area contributed by atoms with Crippen molar-refractivity contribution in [2.45, 2.75) is 44.8 Å². The molecular weight excluding hydrogens is 334 g/mol. The van der Waals surface area contributed by atoms with Crippen molar-refractivity contribution in [3.8, 4) is 0 Å². The maximum Gasteiger partial charge on any atom is 0.191 e. The summed E-state index contributed by atoms with van der Waals surface area (Å²) in [5, 5.41) is 21.2. The predicted octanol–water partition coefficient (Wildman–Crippen LogP) is 0.768. The van der Waals surface area contributed by atoms with E-state index in [1.54, 1.807) is 17.8 Å². The van der Waals surface area contributed by atoms with Crippen LogP contribution in [0.4, 0.5) is 0 Å². The van der Waals surface area contributed by atoms with Crippen LogP contribution >= 0.6 is 0 Å². The van der Waals surface area contributed by atoms with Gasteiger partial charge in [-0.25, -0.2) is 4.99 Å². The normalized spacial score (nSPS) is 18.5.